The Balaban J connectivity index is 1.38. The molecule has 0 aliphatic rings. The van der Waals surface area contributed by atoms with Crippen molar-refractivity contribution in [2.45, 2.75) is 18.9 Å². The summed E-state index contributed by atoms with van der Waals surface area (Å²) in [6.45, 7) is 1.43. The fourth-order valence-corrected chi connectivity index (χ4v) is 3.66. The number of aliphatic imine (C=N–C) groups is 1. The van der Waals surface area contributed by atoms with Crippen molar-refractivity contribution in [2.24, 2.45) is 4.99 Å². The zero-order chi connectivity index (χ0) is 22.0. The Morgan fingerprint density at radius 3 is 2.41 bits per heavy atom. The quantitative estimate of drug-likeness (QED) is 0.332. The molecule has 0 saturated heterocycles. The van der Waals surface area contributed by atoms with Crippen LogP contribution in [0.25, 0.3) is 5.82 Å². The Morgan fingerprint density at radius 1 is 0.906 bits per heavy atom. The predicted molar refractivity (Wildman–Crippen MR) is 129 cm³/mol. The maximum absolute atomic E-state index is 4.41. The van der Waals surface area contributed by atoms with E-state index in [0.717, 1.165) is 30.3 Å². The molecule has 6 nitrogen and oxygen atoms in total. The van der Waals surface area contributed by atoms with Gasteiger partial charge in [-0.15, -0.1) is 0 Å². The van der Waals surface area contributed by atoms with Crippen LogP contribution in [0.1, 0.15) is 22.6 Å². The van der Waals surface area contributed by atoms with Crippen molar-refractivity contribution in [1.29, 1.82) is 0 Å². The van der Waals surface area contributed by atoms with E-state index in [0.29, 0.717) is 12.5 Å². The maximum atomic E-state index is 4.41. The molecule has 0 radical (unpaired) electrons. The molecule has 0 spiro atoms. The van der Waals surface area contributed by atoms with Crippen LogP contribution in [0.3, 0.4) is 0 Å². The Labute approximate surface area is 189 Å². The monoisotopic (exact) mass is 424 g/mol. The zero-order valence-electron chi connectivity index (χ0n) is 18.2. The van der Waals surface area contributed by atoms with Crippen molar-refractivity contribution in [1.82, 2.24) is 25.4 Å². The van der Waals surface area contributed by atoms with Crippen molar-refractivity contribution < 1.29 is 0 Å². The van der Waals surface area contributed by atoms with E-state index in [1.54, 1.807) is 24.1 Å². The first kappa shape index (κ1) is 21.3. The zero-order valence-corrected chi connectivity index (χ0v) is 18.2. The first-order valence-corrected chi connectivity index (χ1v) is 10.8. The highest BCUT2D eigenvalue weighted by atomic mass is 15.3. The van der Waals surface area contributed by atoms with Crippen LogP contribution in [-0.2, 0) is 13.0 Å². The summed E-state index contributed by atoms with van der Waals surface area (Å²) in [4.78, 5) is 8.80. The van der Waals surface area contributed by atoms with Gasteiger partial charge >= 0.3 is 0 Å². The van der Waals surface area contributed by atoms with Gasteiger partial charge in [-0.2, -0.15) is 5.10 Å². The minimum absolute atomic E-state index is 0.337. The average Bonchev–Trinajstić information content (AvgIpc) is 3.40. The summed E-state index contributed by atoms with van der Waals surface area (Å²) < 4.78 is 1.75. The van der Waals surface area contributed by atoms with Crippen LogP contribution < -0.4 is 10.6 Å². The first-order valence-electron chi connectivity index (χ1n) is 10.8. The normalized spacial score (nSPS) is 12.3. The molecule has 1 unspecified atom stereocenters. The molecule has 0 amide bonds. The van der Waals surface area contributed by atoms with Gasteiger partial charge in [0.2, 0.25) is 0 Å². The molecule has 0 fully saturated rings. The summed E-state index contributed by atoms with van der Waals surface area (Å²) in [6, 6.07) is 27.2. The van der Waals surface area contributed by atoms with Gasteiger partial charge in [-0.1, -0.05) is 60.7 Å². The lowest BCUT2D eigenvalue weighted by Crippen LogP contribution is -2.39. The van der Waals surface area contributed by atoms with Crippen LogP contribution >= 0.6 is 0 Å². The van der Waals surface area contributed by atoms with E-state index in [-0.39, 0.29) is 0 Å². The number of hydrogen-bond donors (Lipinski definition) is 2. The first-order chi connectivity index (χ1) is 15.8. The Bertz CT molecular complexity index is 1110. The number of rotatable bonds is 8. The van der Waals surface area contributed by atoms with Crippen molar-refractivity contribution in [2.75, 3.05) is 13.6 Å². The topological polar surface area (TPSA) is 67.1 Å². The lowest BCUT2D eigenvalue weighted by molar-refractivity contribution is 0.644. The lowest BCUT2D eigenvalue weighted by Gasteiger charge is -2.20. The van der Waals surface area contributed by atoms with E-state index >= 15 is 0 Å². The second-order valence-corrected chi connectivity index (χ2v) is 7.58. The van der Waals surface area contributed by atoms with E-state index < -0.39 is 0 Å². The molecule has 0 aliphatic heterocycles. The van der Waals surface area contributed by atoms with E-state index in [4.69, 9.17) is 0 Å². The van der Waals surface area contributed by atoms with Crippen LogP contribution in [0.2, 0.25) is 0 Å². The molecule has 2 aromatic heterocycles. The van der Waals surface area contributed by atoms with Gasteiger partial charge < -0.3 is 10.6 Å². The summed E-state index contributed by atoms with van der Waals surface area (Å²) in [6.07, 6.45) is 6.40. The maximum Gasteiger partial charge on any atom is 0.191 e. The Kier molecular flexibility index (Phi) is 7.26. The molecule has 0 aliphatic carbocycles. The molecule has 4 rings (SSSR count). The third-order valence-corrected chi connectivity index (χ3v) is 5.34. The van der Waals surface area contributed by atoms with Gasteiger partial charge in [0, 0.05) is 44.6 Å². The third kappa shape index (κ3) is 5.82. The minimum atomic E-state index is 0.337. The summed E-state index contributed by atoms with van der Waals surface area (Å²) >= 11 is 0. The van der Waals surface area contributed by atoms with Crippen molar-refractivity contribution in [3.05, 3.63) is 114 Å². The molecule has 2 N–H and O–H groups in total. The van der Waals surface area contributed by atoms with Crippen LogP contribution in [-0.4, -0.2) is 34.3 Å². The number of hydrogen-bond acceptors (Lipinski definition) is 3. The minimum Gasteiger partial charge on any atom is -0.356 e. The highest BCUT2D eigenvalue weighted by molar-refractivity contribution is 5.79. The Morgan fingerprint density at radius 2 is 1.69 bits per heavy atom. The molecule has 6 heteroatoms. The molecule has 0 saturated carbocycles. The third-order valence-electron chi connectivity index (χ3n) is 5.34. The number of benzene rings is 2. The molecule has 32 heavy (non-hydrogen) atoms. The van der Waals surface area contributed by atoms with Gasteiger partial charge in [0.1, 0.15) is 0 Å². The largest absolute Gasteiger partial charge is 0.356 e. The van der Waals surface area contributed by atoms with E-state index in [2.05, 4.69) is 86.4 Å². The lowest BCUT2D eigenvalue weighted by atomic mass is 9.92. The highest BCUT2D eigenvalue weighted by Gasteiger charge is 2.13. The van der Waals surface area contributed by atoms with Crippen LogP contribution in [0.4, 0.5) is 0 Å². The number of nitrogens with zero attached hydrogens (tertiary/aromatic N) is 4. The molecule has 162 valence electrons. The summed E-state index contributed by atoms with van der Waals surface area (Å²) in [5, 5.41) is 11.2. The second kappa shape index (κ2) is 10.9. The van der Waals surface area contributed by atoms with Gasteiger partial charge in [-0.3, -0.25) is 4.99 Å². The SMILES string of the molecule is CN=C(NCc1ccnc(-n2cccn2)c1)NCC(Cc1ccccc1)c1ccccc1. The predicted octanol–water partition coefficient (Wildman–Crippen LogP) is 3.96. The number of aromatic nitrogens is 3. The van der Waals surface area contributed by atoms with Gasteiger partial charge in [0.05, 0.1) is 0 Å². The molecule has 0 bridgehead atoms. The van der Waals surface area contributed by atoms with Crippen LogP contribution in [0.5, 0.6) is 0 Å². The molecular formula is C26H28N6. The molecular weight excluding hydrogens is 396 g/mol. The summed E-state index contributed by atoms with van der Waals surface area (Å²) in [5.41, 5.74) is 3.75. The standard InChI is InChI=1S/C26H28N6/c1-27-26(29-19-22-13-15-28-25(18-22)32-16-8-14-31-32)30-20-24(23-11-6-3-7-12-23)17-21-9-4-2-5-10-21/h2-16,18,24H,17,19-20H2,1H3,(H2,27,29,30). The molecule has 1 atom stereocenters. The highest BCUT2D eigenvalue weighted by Crippen LogP contribution is 2.20. The van der Waals surface area contributed by atoms with Crippen molar-refractivity contribution in [3.63, 3.8) is 0 Å². The summed E-state index contributed by atoms with van der Waals surface area (Å²) in [7, 11) is 1.80. The van der Waals surface area contributed by atoms with Crippen LogP contribution in [0.15, 0.2) is 102 Å². The fourth-order valence-electron chi connectivity index (χ4n) is 3.66. The fraction of sp³-hybridized carbons (Fsp3) is 0.192. The number of pyridine rings is 1. The average molecular weight is 425 g/mol. The van der Waals surface area contributed by atoms with Crippen molar-refractivity contribution in [3.8, 4) is 5.82 Å². The van der Waals surface area contributed by atoms with Crippen molar-refractivity contribution >= 4 is 5.96 Å². The smallest absolute Gasteiger partial charge is 0.191 e. The summed E-state index contributed by atoms with van der Waals surface area (Å²) in [5.74, 6) is 1.91. The molecule has 2 aromatic carbocycles. The second-order valence-electron chi connectivity index (χ2n) is 7.58. The molecule has 2 heterocycles. The Hall–Kier alpha value is -3.93. The number of guanidine groups is 1. The van der Waals surface area contributed by atoms with E-state index in [9.17, 15) is 0 Å². The molecule has 4 aromatic rings. The van der Waals surface area contributed by atoms with Gasteiger partial charge in [-0.05, 0) is 41.3 Å². The van der Waals surface area contributed by atoms with E-state index in [1.165, 1.54) is 11.1 Å². The van der Waals surface area contributed by atoms with Gasteiger partial charge in [0.25, 0.3) is 0 Å². The number of nitrogens with one attached hydrogen (secondary N) is 2. The van der Waals surface area contributed by atoms with Gasteiger partial charge in [0.15, 0.2) is 11.8 Å². The van der Waals surface area contributed by atoms with E-state index in [1.807, 2.05) is 24.4 Å². The van der Waals surface area contributed by atoms with Crippen LogP contribution in [0, 0.1) is 0 Å². The van der Waals surface area contributed by atoms with Gasteiger partial charge in [-0.25, -0.2) is 9.67 Å².